The van der Waals surface area contributed by atoms with E-state index in [1.165, 1.54) is 12.1 Å². The molecule has 1 aromatic carbocycles. The highest BCUT2D eigenvalue weighted by Crippen LogP contribution is 2.35. The second-order valence-electron chi connectivity index (χ2n) is 3.72. The second-order valence-corrected chi connectivity index (χ2v) is 4.13. The number of ether oxygens (including phenoxy) is 1. The molecule has 0 fully saturated rings. The van der Waals surface area contributed by atoms with Crippen molar-refractivity contribution in [1.29, 1.82) is 5.26 Å². The van der Waals surface area contributed by atoms with Gasteiger partial charge >= 0.3 is 6.18 Å². The molecule has 0 aliphatic carbocycles. The summed E-state index contributed by atoms with van der Waals surface area (Å²) < 4.78 is 42.7. The summed E-state index contributed by atoms with van der Waals surface area (Å²) in [6, 6.07) is 8.87. The molecule has 0 radical (unpaired) electrons. The molecule has 0 aliphatic heterocycles. The zero-order chi connectivity index (χ0) is 14.8. The van der Waals surface area contributed by atoms with Gasteiger partial charge in [-0.25, -0.2) is 4.98 Å². The van der Waals surface area contributed by atoms with Gasteiger partial charge in [0.2, 0.25) is 5.88 Å². The summed E-state index contributed by atoms with van der Waals surface area (Å²) in [7, 11) is 0. The van der Waals surface area contributed by atoms with Crippen molar-refractivity contribution in [2.45, 2.75) is 6.18 Å². The van der Waals surface area contributed by atoms with Crippen LogP contribution in [0.3, 0.4) is 0 Å². The first-order chi connectivity index (χ1) is 9.41. The molecule has 0 unspecified atom stereocenters. The number of aromatic nitrogens is 1. The number of rotatable bonds is 2. The molecule has 0 aliphatic rings. The Hall–Kier alpha value is -2.26. The molecule has 1 aromatic heterocycles. The van der Waals surface area contributed by atoms with E-state index in [4.69, 9.17) is 21.6 Å². The van der Waals surface area contributed by atoms with Gasteiger partial charge in [-0.15, -0.1) is 0 Å². The van der Waals surface area contributed by atoms with Crippen molar-refractivity contribution in [3.05, 3.63) is 52.7 Å². The van der Waals surface area contributed by atoms with Crippen molar-refractivity contribution >= 4 is 11.6 Å². The molecule has 0 spiro atoms. The van der Waals surface area contributed by atoms with Gasteiger partial charge in [-0.3, -0.25) is 0 Å². The second kappa shape index (κ2) is 5.39. The summed E-state index contributed by atoms with van der Waals surface area (Å²) >= 11 is 5.71. The van der Waals surface area contributed by atoms with Crippen LogP contribution in [0.2, 0.25) is 5.02 Å². The highest BCUT2D eigenvalue weighted by Gasteiger charge is 2.31. The predicted octanol–water partition coefficient (Wildman–Crippen LogP) is 4.42. The average Bonchev–Trinajstić information content (AvgIpc) is 2.40. The first kappa shape index (κ1) is 14.2. The first-order valence-electron chi connectivity index (χ1n) is 5.31. The molecular weight excluding hydrogens is 293 g/mol. The van der Waals surface area contributed by atoms with Crippen LogP contribution in [0, 0.1) is 11.3 Å². The normalized spacial score (nSPS) is 10.9. The number of pyridine rings is 1. The van der Waals surface area contributed by atoms with Crippen LogP contribution in [-0.4, -0.2) is 4.98 Å². The third-order valence-corrected chi connectivity index (χ3v) is 2.62. The van der Waals surface area contributed by atoms with E-state index in [0.717, 1.165) is 6.07 Å². The molecule has 1 heterocycles. The minimum atomic E-state index is -4.53. The van der Waals surface area contributed by atoms with Crippen molar-refractivity contribution in [2.75, 3.05) is 0 Å². The van der Waals surface area contributed by atoms with Crippen LogP contribution in [-0.2, 0) is 6.18 Å². The largest absolute Gasteiger partial charge is 0.436 e. The molecule has 0 bridgehead atoms. The SMILES string of the molecule is N#Cc1ccccc1Oc1ncc(C(F)(F)F)cc1Cl. The van der Waals surface area contributed by atoms with E-state index < -0.39 is 11.7 Å². The van der Waals surface area contributed by atoms with Gasteiger partial charge in [-0.1, -0.05) is 23.7 Å². The number of nitriles is 1. The molecule has 0 saturated carbocycles. The Morgan fingerprint density at radius 2 is 1.95 bits per heavy atom. The van der Waals surface area contributed by atoms with Crippen molar-refractivity contribution in [1.82, 2.24) is 4.98 Å². The number of alkyl halides is 3. The highest BCUT2D eigenvalue weighted by atomic mass is 35.5. The van der Waals surface area contributed by atoms with Gasteiger partial charge in [0.05, 0.1) is 11.1 Å². The summed E-state index contributed by atoms with van der Waals surface area (Å²) in [5, 5.41) is 8.60. The smallest absolute Gasteiger partial charge is 0.417 e. The average molecular weight is 299 g/mol. The summed E-state index contributed by atoms with van der Waals surface area (Å²) in [5.74, 6) is -0.0217. The lowest BCUT2D eigenvalue weighted by molar-refractivity contribution is -0.137. The van der Waals surface area contributed by atoms with Gasteiger partial charge in [0.15, 0.2) is 0 Å². The van der Waals surface area contributed by atoms with Crippen LogP contribution in [0.5, 0.6) is 11.6 Å². The molecule has 0 saturated heterocycles. The van der Waals surface area contributed by atoms with E-state index in [9.17, 15) is 13.2 Å². The monoisotopic (exact) mass is 298 g/mol. The van der Waals surface area contributed by atoms with E-state index >= 15 is 0 Å². The lowest BCUT2D eigenvalue weighted by Crippen LogP contribution is -2.05. The molecule has 3 nitrogen and oxygen atoms in total. The maximum Gasteiger partial charge on any atom is 0.417 e. The molecule has 20 heavy (non-hydrogen) atoms. The Morgan fingerprint density at radius 1 is 1.25 bits per heavy atom. The molecule has 7 heteroatoms. The molecule has 0 N–H and O–H groups in total. The van der Waals surface area contributed by atoms with Crippen LogP contribution in [0.25, 0.3) is 0 Å². The zero-order valence-corrected chi connectivity index (χ0v) is 10.5. The van der Waals surface area contributed by atoms with Crippen molar-refractivity contribution in [3.63, 3.8) is 0 Å². The third kappa shape index (κ3) is 3.00. The van der Waals surface area contributed by atoms with Gasteiger partial charge in [-0.2, -0.15) is 18.4 Å². The van der Waals surface area contributed by atoms with Crippen molar-refractivity contribution < 1.29 is 17.9 Å². The van der Waals surface area contributed by atoms with E-state index in [1.807, 2.05) is 6.07 Å². The van der Waals surface area contributed by atoms with Crippen LogP contribution in [0.4, 0.5) is 13.2 Å². The Bertz CT molecular complexity index is 680. The van der Waals surface area contributed by atoms with Crippen LogP contribution < -0.4 is 4.74 Å². The Morgan fingerprint density at radius 3 is 2.55 bits per heavy atom. The molecule has 2 rings (SSSR count). The molecule has 0 atom stereocenters. The number of nitrogens with zero attached hydrogens (tertiary/aromatic N) is 2. The summed E-state index contributed by atoms with van der Waals surface area (Å²) in [6.45, 7) is 0. The minimum Gasteiger partial charge on any atom is -0.436 e. The van der Waals surface area contributed by atoms with Crippen LogP contribution in [0.1, 0.15) is 11.1 Å². The standard InChI is InChI=1S/C13H6ClF3N2O/c14-10-5-9(13(15,16)17)7-19-12(10)20-11-4-2-1-3-8(11)6-18/h1-5,7H. The fraction of sp³-hybridized carbons (Fsp3) is 0.0769. The van der Waals surface area contributed by atoms with Crippen LogP contribution in [0.15, 0.2) is 36.5 Å². The fourth-order valence-electron chi connectivity index (χ4n) is 1.41. The lowest BCUT2D eigenvalue weighted by Gasteiger charge is -2.10. The Balaban J connectivity index is 2.34. The van der Waals surface area contributed by atoms with E-state index in [-0.39, 0.29) is 22.2 Å². The van der Waals surface area contributed by atoms with Gasteiger partial charge in [0.25, 0.3) is 0 Å². The third-order valence-electron chi connectivity index (χ3n) is 2.35. The quantitative estimate of drug-likeness (QED) is 0.824. The number of halogens is 4. The number of benzene rings is 1. The topological polar surface area (TPSA) is 45.9 Å². The lowest BCUT2D eigenvalue weighted by atomic mass is 10.2. The van der Waals surface area contributed by atoms with E-state index in [2.05, 4.69) is 4.98 Å². The molecule has 0 amide bonds. The molecule has 102 valence electrons. The van der Waals surface area contributed by atoms with Crippen molar-refractivity contribution in [2.24, 2.45) is 0 Å². The summed E-state index contributed by atoms with van der Waals surface area (Å²) in [5.41, 5.74) is -0.742. The number of para-hydroxylation sites is 1. The van der Waals surface area contributed by atoms with Crippen LogP contribution >= 0.6 is 11.6 Å². The van der Waals surface area contributed by atoms with E-state index in [1.54, 1.807) is 12.1 Å². The molecule has 2 aromatic rings. The summed E-state index contributed by atoms with van der Waals surface area (Å²) in [6.07, 6.45) is -3.91. The van der Waals surface area contributed by atoms with Gasteiger partial charge in [0, 0.05) is 6.20 Å². The maximum atomic E-state index is 12.5. The predicted molar refractivity (Wildman–Crippen MR) is 65.5 cm³/mol. The number of hydrogen-bond acceptors (Lipinski definition) is 3. The summed E-state index contributed by atoms with van der Waals surface area (Å²) in [4.78, 5) is 3.53. The minimum absolute atomic E-state index is 0.171. The van der Waals surface area contributed by atoms with Gasteiger partial charge in [0.1, 0.15) is 16.8 Å². The van der Waals surface area contributed by atoms with E-state index in [0.29, 0.717) is 6.20 Å². The fourth-order valence-corrected chi connectivity index (χ4v) is 1.61. The first-order valence-corrected chi connectivity index (χ1v) is 5.69. The van der Waals surface area contributed by atoms with Gasteiger partial charge in [-0.05, 0) is 18.2 Å². The Kier molecular flexibility index (Phi) is 3.81. The molecular formula is C13H6ClF3N2O. The zero-order valence-electron chi connectivity index (χ0n) is 9.78. The highest BCUT2D eigenvalue weighted by molar-refractivity contribution is 6.31. The maximum absolute atomic E-state index is 12.5. The van der Waals surface area contributed by atoms with Crippen molar-refractivity contribution in [3.8, 4) is 17.7 Å². The Labute approximate surface area is 117 Å². The van der Waals surface area contributed by atoms with Gasteiger partial charge < -0.3 is 4.74 Å². The number of hydrogen-bond donors (Lipinski definition) is 0.